The largest absolute Gasteiger partial charge is 0.481 e. The number of nitrogens with one attached hydrogen (secondary N) is 2. The maximum absolute atomic E-state index is 13.4. The molecule has 2 heterocycles. The molecule has 0 unspecified atom stereocenters. The number of hydrogen-bond acceptors (Lipinski definition) is 11. The molecule has 5 aromatic carbocycles. The molecule has 7 rings (SSSR count). The maximum Gasteiger partial charge on any atom is 0.309 e. The number of likely N-dealkylation sites (tertiary alicyclic amines) is 1. The number of amides is 1. The molecule has 13 nitrogen and oxygen atoms in total. The van der Waals surface area contributed by atoms with Crippen LogP contribution in [0.1, 0.15) is 22.3 Å². The van der Waals surface area contributed by atoms with Gasteiger partial charge in [0.05, 0.1) is 15.7 Å². The monoisotopic (exact) mass is 868 g/mol. The van der Waals surface area contributed by atoms with Gasteiger partial charge in [0.2, 0.25) is 0 Å². The van der Waals surface area contributed by atoms with Crippen LogP contribution < -0.4 is 14.9 Å². The highest BCUT2D eigenvalue weighted by Gasteiger charge is 2.33. The fraction of sp³-hybridized carbons (Fsp3) is 0.273. The Labute approximate surface area is 358 Å². The second kappa shape index (κ2) is 19.3. The number of carboxylic acids is 1. The molecule has 2 aliphatic heterocycles. The number of piperazine rings is 1. The van der Waals surface area contributed by atoms with E-state index in [2.05, 4.69) is 32.0 Å². The van der Waals surface area contributed by atoms with Crippen molar-refractivity contribution >= 4 is 62.3 Å². The molecule has 1 amide bonds. The summed E-state index contributed by atoms with van der Waals surface area (Å²) in [7, 11) is -4.48. The number of aliphatic carboxylic acids is 1. The summed E-state index contributed by atoms with van der Waals surface area (Å²) in [4.78, 5) is 43.3. The van der Waals surface area contributed by atoms with E-state index in [1.807, 2.05) is 71.6 Å². The van der Waals surface area contributed by atoms with Gasteiger partial charge in [0.1, 0.15) is 5.69 Å². The van der Waals surface area contributed by atoms with Crippen molar-refractivity contribution in [3.63, 3.8) is 0 Å². The van der Waals surface area contributed by atoms with E-state index >= 15 is 0 Å². The van der Waals surface area contributed by atoms with E-state index in [1.165, 1.54) is 23.3 Å². The van der Waals surface area contributed by atoms with Crippen LogP contribution in [0.15, 0.2) is 131 Å². The van der Waals surface area contributed by atoms with Crippen LogP contribution in [-0.2, 0) is 21.4 Å². The molecule has 0 aromatic heterocycles. The molecule has 0 bridgehead atoms. The number of nitro groups is 1. The third kappa shape index (κ3) is 10.8. The lowest BCUT2D eigenvalue weighted by Crippen LogP contribution is -2.51. The lowest BCUT2D eigenvalue weighted by Gasteiger charge is -2.37. The number of rotatable bonds is 17. The zero-order valence-corrected chi connectivity index (χ0v) is 35.0. The van der Waals surface area contributed by atoms with Gasteiger partial charge in [0.15, 0.2) is 0 Å². The number of anilines is 2. The number of halogens is 1. The van der Waals surface area contributed by atoms with Crippen molar-refractivity contribution in [3.05, 3.63) is 148 Å². The minimum Gasteiger partial charge on any atom is -0.481 e. The average Bonchev–Trinajstić information content (AvgIpc) is 3.23. The van der Waals surface area contributed by atoms with E-state index in [0.29, 0.717) is 36.8 Å². The molecule has 312 valence electrons. The molecule has 3 N–H and O–H groups in total. The number of thioether (sulfide) groups is 1. The van der Waals surface area contributed by atoms with Crippen molar-refractivity contribution in [2.24, 2.45) is 5.92 Å². The first-order valence-corrected chi connectivity index (χ1v) is 22.4. The summed E-state index contributed by atoms with van der Waals surface area (Å²) in [5.41, 5.74) is 4.24. The van der Waals surface area contributed by atoms with Crippen LogP contribution in [-0.4, -0.2) is 97.7 Å². The minimum absolute atomic E-state index is 0.128. The number of sulfonamides is 1. The summed E-state index contributed by atoms with van der Waals surface area (Å²) >= 11 is 7.69. The van der Waals surface area contributed by atoms with Gasteiger partial charge in [-0.2, -0.15) is 0 Å². The van der Waals surface area contributed by atoms with Crippen molar-refractivity contribution < 1.29 is 28.0 Å². The van der Waals surface area contributed by atoms with E-state index in [9.17, 15) is 33.2 Å². The number of carbonyl (C=O) groups is 2. The first kappa shape index (κ1) is 42.7. The van der Waals surface area contributed by atoms with Crippen molar-refractivity contribution in [3.8, 4) is 11.1 Å². The van der Waals surface area contributed by atoms with Crippen LogP contribution in [0.4, 0.5) is 17.1 Å². The number of nitrogens with zero attached hydrogens (tertiary/aromatic N) is 4. The predicted molar refractivity (Wildman–Crippen MR) is 235 cm³/mol. The first-order chi connectivity index (χ1) is 28.9. The minimum atomic E-state index is -4.48. The number of nitro benzene ring substituents is 1. The Kier molecular flexibility index (Phi) is 13.7. The van der Waals surface area contributed by atoms with E-state index in [4.69, 9.17) is 11.6 Å². The molecule has 1 atom stereocenters. The van der Waals surface area contributed by atoms with Gasteiger partial charge in [0.25, 0.3) is 21.6 Å². The molecule has 0 radical (unpaired) electrons. The Hall–Kier alpha value is -5.45. The van der Waals surface area contributed by atoms with Gasteiger partial charge in [-0.05, 0) is 83.8 Å². The Bertz CT molecular complexity index is 2410. The van der Waals surface area contributed by atoms with Crippen molar-refractivity contribution in [1.82, 2.24) is 14.5 Å². The van der Waals surface area contributed by atoms with Crippen LogP contribution in [0, 0.1) is 16.0 Å². The lowest BCUT2D eigenvalue weighted by atomic mass is 9.99. The molecule has 2 aliphatic rings. The third-order valence-electron chi connectivity index (χ3n) is 10.8. The van der Waals surface area contributed by atoms with Crippen molar-refractivity contribution in [2.75, 3.05) is 61.8 Å². The smallest absolute Gasteiger partial charge is 0.309 e. The summed E-state index contributed by atoms with van der Waals surface area (Å²) in [6.07, 6.45) is 0.565. The third-order valence-corrected chi connectivity index (χ3v) is 13.5. The molecule has 0 aliphatic carbocycles. The number of hydrogen-bond donors (Lipinski definition) is 3. The topological polar surface area (TPSA) is 165 Å². The molecule has 2 fully saturated rings. The molecule has 0 saturated carbocycles. The van der Waals surface area contributed by atoms with Crippen LogP contribution in [0.5, 0.6) is 0 Å². The van der Waals surface area contributed by atoms with Gasteiger partial charge in [-0.15, -0.1) is 11.8 Å². The summed E-state index contributed by atoms with van der Waals surface area (Å²) in [5.74, 6) is -1.54. The highest BCUT2D eigenvalue weighted by molar-refractivity contribution is 7.99. The van der Waals surface area contributed by atoms with Crippen LogP contribution in [0.25, 0.3) is 11.1 Å². The molecule has 5 aromatic rings. The molecule has 16 heteroatoms. The Morgan fingerprint density at radius 1 is 0.867 bits per heavy atom. The first-order valence-electron chi connectivity index (χ1n) is 19.6. The quantitative estimate of drug-likeness (QED) is 0.0485. The fourth-order valence-corrected chi connectivity index (χ4v) is 9.48. The van der Waals surface area contributed by atoms with Crippen LogP contribution >= 0.6 is 23.4 Å². The summed E-state index contributed by atoms with van der Waals surface area (Å²) in [5, 5.41) is 25.5. The average molecular weight is 869 g/mol. The lowest BCUT2D eigenvalue weighted by molar-refractivity contribution is -0.384. The molecular formula is C44H45ClN6O7S2. The molecule has 2 saturated heterocycles. The zero-order valence-electron chi connectivity index (χ0n) is 32.7. The normalized spacial score (nSPS) is 15.5. The van der Waals surface area contributed by atoms with Crippen molar-refractivity contribution in [2.45, 2.75) is 28.8 Å². The second-order valence-corrected chi connectivity index (χ2v) is 18.1. The van der Waals surface area contributed by atoms with Crippen molar-refractivity contribution in [1.29, 1.82) is 0 Å². The van der Waals surface area contributed by atoms with Gasteiger partial charge in [-0.25, -0.2) is 13.1 Å². The van der Waals surface area contributed by atoms with Crippen LogP contribution in [0.3, 0.4) is 0 Å². The number of carbonyl (C=O) groups excluding carboxylic acids is 1. The highest BCUT2D eigenvalue weighted by Crippen LogP contribution is 2.31. The Balaban J connectivity index is 0.955. The SMILES string of the molecule is O=C(NS(=O)(=O)c1ccc(N[C@H](CCN2CC(C(=O)O)C2)CSc2ccccc2)c([N+](=O)[O-])c1)c1ccc(N2CCN(Cc3ccccc3-c3ccc(Cl)cc3)CC2)cc1. The van der Waals surface area contributed by atoms with E-state index in [-0.39, 0.29) is 17.3 Å². The van der Waals surface area contributed by atoms with Gasteiger partial charge in [-0.3, -0.25) is 24.6 Å². The second-order valence-electron chi connectivity index (χ2n) is 14.9. The van der Waals surface area contributed by atoms with Gasteiger partial charge >= 0.3 is 5.97 Å². The molecule has 60 heavy (non-hydrogen) atoms. The number of benzene rings is 5. The Morgan fingerprint density at radius 2 is 1.55 bits per heavy atom. The van der Waals surface area contributed by atoms with Gasteiger partial charge in [-0.1, -0.05) is 66.2 Å². The fourth-order valence-electron chi connectivity index (χ4n) is 7.37. The zero-order chi connectivity index (χ0) is 42.2. The molecular weight excluding hydrogens is 824 g/mol. The van der Waals surface area contributed by atoms with Gasteiger partial charge in [0, 0.05) is 91.4 Å². The van der Waals surface area contributed by atoms with E-state index in [0.717, 1.165) is 54.9 Å². The molecule has 0 spiro atoms. The Morgan fingerprint density at radius 3 is 2.23 bits per heavy atom. The summed E-state index contributed by atoms with van der Waals surface area (Å²) in [6, 6.07) is 35.9. The predicted octanol–water partition coefficient (Wildman–Crippen LogP) is 7.34. The van der Waals surface area contributed by atoms with E-state index in [1.54, 1.807) is 36.0 Å². The summed E-state index contributed by atoms with van der Waals surface area (Å²) < 4.78 is 28.9. The van der Waals surface area contributed by atoms with Gasteiger partial charge < -0.3 is 20.2 Å². The van der Waals surface area contributed by atoms with Crippen LogP contribution in [0.2, 0.25) is 5.02 Å². The highest BCUT2D eigenvalue weighted by atomic mass is 35.5. The number of carboxylic acid groups (broad SMARTS) is 1. The summed E-state index contributed by atoms with van der Waals surface area (Å²) in [6.45, 7) is 5.47. The maximum atomic E-state index is 13.4. The standard InChI is InChI=1S/C44H45ClN6O7S2/c45-35-14-10-31(11-15-35)40-9-5-4-6-33(40)27-48-22-24-50(25-23-48)37-16-12-32(13-17-37)43(52)47-60(57,58)39-18-19-41(42(26-39)51(55)56)46-36(30-59-38-7-2-1-3-8-38)20-21-49-28-34(29-49)44(53)54/h1-19,26,34,36,46H,20-25,27-30H2,(H,47,52)(H,53,54)/t36-/m1/s1. The van der Waals surface area contributed by atoms with E-state index < -0.39 is 43.3 Å².